The van der Waals surface area contributed by atoms with E-state index in [0.29, 0.717) is 0 Å². The summed E-state index contributed by atoms with van der Waals surface area (Å²) < 4.78 is 0. The number of nitrogens with one attached hydrogen (secondary N) is 1. The molecule has 102 valence electrons. The van der Waals surface area contributed by atoms with Crippen molar-refractivity contribution in [1.29, 1.82) is 0 Å². The predicted molar refractivity (Wildman–Crippen MR) is 79.5 cm³/mol. The fourth-order valence-electron chi connectivity index (χ4n) is 2.14. The third-order valence-electron chi connectivity index (χ3n) is 3.12. The minimum Gasteiger partial charge on any atom is -0.346 e. The van der Waals surface area contributed by atoms with Gasteiger partial charge in [0, 0.05) is 55.4 Å². The number of aromatic nitrogens is 2. The fraction of sp³-hybridized carbons (Fsp3) is 0.455. The molecule has 0 amide bonds. The molecule has 6 nitrogen and oxygen atoms in total. The summed E-state index contributed by atoms with van der Waals surface area (Å²) >= 11 is 3.32. The van der Waals surface area contributed by atoms with Crippen LogP contribution in [0.25, 0.3) is 0 Å². The zero-order valence-corrected chi connectivity index (χ0v) is 12.1. The van der Waals surface area contributed by atoms with E-state index in [9.17, 15) is 0 Å². The molecule has 3 heterocycles. The number of nitrogens with two attached hydrogens (primary N) is 1. The van der Waals surface area contributed by atoms with Crippen LogP contribution in [0.5, 0.6) is 0 Å². The number of rotatable bonds is 4. The molecule has 2 aromatic heterocycles. The zero-order chi connectivity index (χ0) is 13.1. The topological polar surface area (TPSA) is 70.3 Å². The Morgan fingerprint density at radius 2 is 2.11 bits per heavy atom. The van der Waals surface area contributed by atoms with Crippen molar-refractivity contribution in [3.8, 4) is 0 Å². The van der Waals surface area contributed by atoms with Crippen LogP contribution in [-0.2, 0) is 6.54 Å². The van der Waals surface area contributed by atoms with Crippen molar-refractivity contribution in [3.05, 3.63) is 22.7 Å². The fourth-order valence-corrected chi connectivity index (χ4v) is 3.60. The first kappa shape index (κ1) is 12.8. The van der Waals surface area contributed by atoms with Crippen LogP contribution in [-0.4, -0.2) is 41.0 Å². The number of hydrogen-bond donors (Lipinski definition) is 2. The van der Waals surface area contributed by atoms with E-state index in [2.05, 4.69) is 25.2 Å². The average molecular weight is 296 g/mol. The van der Waals surface area contributed by atoms with Crippen LogP contribution in [0.2, 0.25) is 0 Å². The zero-order valence-electron chi connectivity index (χ0n) is 10.5. The van der Waals surface area contributed by atoms with Gasteiger partial charge in [0.15, 0.2) is 10.3 Å². The van der Waals surface area contributed by atoms with Gasteiger partial charge in [0.25, 0.3) is 0 Å². The van der Waals surface area contributed by atoms with Gasteiger partial charge >= 0.3 is 0 Å². The van der Waals surface area contributed by atoms with Crippen molar-refractivity contribution >= 4 is 32.9 Å². The predicted octanol–water partition coefficient (Wildman–Crippen LogP) is 1.21. The van der Waals surface area contributed by atoms with Crippen molar-refractivity contribution in [2.75, 3.05) is 36.5 Å². The highest BCUT2D eigenvalue weighted by Gasteiger charge is 2.19. The van der Waals surface area contributed by atoms with E-state index in [4.69, 9.17) is 5.84 Å². The van der Waals surface area contributed by atoms with Crippen LogP contribution >= 0.6 is 22.7 Å². The van der Waals surface area contributed by atoms with E-state index in [1.165, 1.54) is 4.88 Å². The first-order valence-electron chi connectivity index (χ1n) is 6.13. The minimum atomic E-state index is 0.774. The normalized spacial score (nSPS) is 16.8. The Kier molecular flexibility index (Phi) is 3.92. The molecule has 1 saturated heterocycles. The van der Waals surface area contributed by atoms with E-state index in [1.54, 1.807) is 22.7 Å². The van der Waals surface area contributed by atoms with E-state index in [0.717, 1.165) is 43.0 Å². The maximum atomic E-state index is 5.34. The molecule has 1 aliphatic heterocycles. The summed E-state index contributed by atoms with van der Waals surface area (Å²) in [5, 5.41) is 3.93. The molecule has 3 rings (SSSR count). The lowest BCUT2D eigenvalue weighted by molar-refractivity contribution is 0.252. The van der Waals surface area contributed by atoms with Crippen LogP contribution in [0.3, 0.4) is 0 Å². The number of piperazine rings is 1. The van der Waals surface area contributed by atoms with Gasteiger partial charge in [-0.1, -0.05) is 11.3 Å². The Bertz CT molecular complexity index is 503. The van der Waals surface area contributed by atoms with Crippen LogP contribution in [0, 0.1) is 0 Å². The smallest absolute Gasteiger partial charge is 0.197 e. The van der Waals surface area contributed by atoms with Gasteiger partial charge < -0.3 is 4.90 Å². The molecule has 0 bridgehead atoms. The molecule has 2 aromatic rings. The lowest BCUT2D eigenvalue weighted by atomic mass is 10.3. The molecule has 3 N–H and O–H groups in total. The molecule has 0 aromatic carbocycles. The van der Waals surface area contributed by atoms with Crippen molar-refractivity contribution in [2.24, 2.45) is 5.84 Å². The lowest BCUT2D eigenvalue weighted by Crippen LogP contribution is -2.45. The molecule has 0 spiro atoms. The lowest BCUT2D eigenvalue weighted by Gasteiger charge is -2.34. The molecule has 0 unspecified atom stereocenters. The van der Waals surface area contributed by atoms with Crippen molar-refractivity contribution in [2.45, 2.75) is 6.54 Å². The third-order valence-corrected chi connectivity index (χ3v) is 4.86. The summed E-state index contributed by atoms with van der Waals surface area (Å²) in [7, 11) is 0. The highest BCUT2D eigenvalue weighted by Crippen LogP contribution is 2.22. The molecule has 1 aliphatic rings. The number of anilines is 2. The Hall–Kier alpha value is -1.22. The van der Waals surface area contributed by atoms with E-state index >= 15 is 0 Å². The second-order valence-corrected chi connectivity index (χ2v) is 6.34. The van der Waals surface area contributed by atoms with Crippen molar-refractivity contribution in [1.82, 2.24) is 14.9 Å². The SMILES string of the molecule is NNc1ncc(CN2CCN(c3nccs3)CC2)s1. The molecule has 0 saturated carbocycles. The van der Waals surface area contributed by atoms with Crippen LogP contribution in [0.1, 0.15) is 4.88 Å². The van der Waals surface area contributed by atoms with Gasteiger partial charge in [-0.3, -0.25) is 10.3 Å². The van der Waals surface area contributed by atoms with Crippen molar-refractivity contribution < 1.29 is 0 Å². The van der Waals surface area contributed by atoms with Crippen LogP contribution < -0.4 is 16.2 Å². The molecular weight excluding hydrogens is 280 g/mol. The summed E-state index contributed by atoms with van der Waals surface area (Å²) in [5.41, 5.74) is 2.58. The summed E-state index contributed by atoms with van der Waals surface area (Å²) in [6.07, 6.45) is 3.76. The van der Waals surface area contributed by atoms with Crippen molar-refractivity contribution in [3.63, 3.8) is 0 Å². The summed E-state index contributed by atoms with van der Waals surface area (Å²) in [6, 6.07) is 0. The second kappa shape index (κ2) is 5.83. The highest BCUT2D eigenvalue weighted by atomic mass is 32.1. The number of nitrogens with zero attached hydrogens (tertiary/aromatic N) is 4. The molecule has 8 heteroatoms. The van der Waals surface area contributed by atoms with E-state index in [-0.39, 0.29) is 0 Å². The quantitative estimate of drug-likeness (QED) is 0.653. The number of nitrogen functional groups attached to an aromatic ring is 1. The standard InChI is InChI=1S/C11H16N6S2/c12-15-10-14-7-9(19-10)8-16-2-4-17(5-3-16)11-13-1-6-18-11/h1,6-7H,2-5,8,12H2,(H,14,15). The van der Waals surface area contributed by atoms with Gasteiger partial charge in [-0.15, -0.1) is 11.3 Å². The Balaban J connectivity index is 1.52. The summed E-state index contributed by atoms with van der Waals surface area (Å²) in [5.74, 6) is 5.34. The summed E-state index contributed by atoms with van der Waals surface area (Å²) in [4.78, 5) is 14.6. The monoisotopic (exact) mass is 296 g/mol. The van der Waals surface area contributed by atoms with Crippen LogP contribution in [0.4, 0.5) is 10.3 Å². The first-order chi connectivity index (χ1) is 9.35. The molecular formula is C11H16N6S2. The number of thiazole rings is 2. The van der Waals surface area contributed by atoms with Gasteiger partial charge in [-0.2, -0.15) is 0 Å². The van der Waals surface area contributed by atoms with Gasteiger partial charge in [-0.05, 0) is 0 Å². The van der Waals surface area contributed by atoms with Crippen LogP contribution in [0.15, 0.2) is 17.8 Å². The summed E-state index contributed by atoms with van der Waals surface area (Å²) in [6.45, 7) is 5.14. The highest BCUT2D eigenvalue weighted by molar-refractivity contribution is 7.15. The average Bonchev–Trinajstić information content (AvgIpc) is 3.10. The molecule has 0 atom stereocenters. The number of hydrogen-bond acceptors (Lipinski definition) is 8. The Morgan fingerprint density at radius 3 is 2.74 bits per heavy atom. The Morgan fingerprint density at radius 1 is 1.26 bits per heavy atom. The molecule has 1 fully saturated rings. The van der Waals surface area contributed by atoms with Gasteiger partial charge in [0.2, 0.25) is 0 Å². The first-order valence-corrected chi connectivity index (χ1v) is 7.83. The van der Waals surface area contributed by atoms with Gasteiger partial charge in [-0.25, -0.2) is 15.8 Å². The maximum absolute atomic E-state index is 5.34. The molecule has 19 heavy (non-hydrogen) atoms. The molecule has 0 radical (unpaired) electrons. The minimum absolute atomic E-state index is 0.774. The molecule has 0 aliphatic carbocycles. The van der Waals surface area contributed by atoms with E-state index in [1.807, 2.05) is 17.8 Å². The number of hydrazine groups is 1. The Labute approximate surface area is 119 Å². The van der Waals surface area contributed by atoms with E-state index < -0.39 is 0 Å². The van der Waals surface area contributed by atoms with Gasteiger partial charge in [0.1, 0.15) is 0 Å². The van der Waals surface area contributed by atoms with Gasteiger partial charge in [0.05, 0.1) is 0 Å². The second-order valence-electron chi connectivity index (χ2n) is 4.35. The maximum Gasteiger partial charge on any atom is 0.197 e. The largest absolute Gasteiger partial charge is 0.346 e. The third kappa shape index (κ3) is 3.03.